The molecule has 7 heteroatoms. The molecule has 18 heavy (non-hydrogen) atoms. The standard InChI is InChI=1S/C11H22N2O5/c12-4-7-18-9-8-17-6-1-5-13-10(14)2-3-11(15)16/h1-9,12H2,(H,13,14)(H,15,16). The number of carbonyl (C=O) groups is 2. The van der Waals surface area contributed by atoms with Gasteiger partial charge in [-0.1, -0.05) is 0 Å². The van der Waals surface area contributed by atoms with Gasteiger partial charge in [0.15, 0.2) is 0 Å². The number of rotatable bonds is 12. The Kier molecular flexibility index (Phi) is 11.5. The molecule has 0 atom stereocenters. The van der Waals surface area contributed by atoms with Gasteiger partial charge in [-0.15, -0.1) is 0 Å². The molecule has 0 rings (SSSR count). The minimum absolute atomic E-state index is 0.0170. The quantitative estimate of drug-likeness (QED) is 0.403. The van der Waals surface area contributed by atoms with Crippen molar-refractivity contribution in [2.24, 2.45) is 5.73 Å². The number of aliphatic carboxylic acids is 1. The van der Waals surface area contributed by atoms with Gasteiger partial charge in [-0.3, -0.25) is 9.59 Å². The fourth-order valence-electron chi connectivity index (χ4n) is 1.12. The van der Waals surface area contributed by atoms with E-state index in [1.807, 2.05) is 0 Å². The van der Waals surface area contributed by atoms with Gasteiger partial charge in [0.25, 0.3) is 0 Å². The van der Waals surface area contributed by atoms with Crippen LogP contribution in [0, 0.1) is 0 Å². The second kappa shape index (κ2) is 12.3. The number of hydrogen-bond donors (Lipinski definition) is 3. The predicted molar refractivity (Wildman–Crippen MR) is 65.2 cm³/mol. The number of ether oxygens (including phenoxy) is 2. The molecule has 0 saturated carbocycles. The van der Waals surface area contributed by atoms with Gasteiger partial charge in [0.2, 0.25) is 5.91 Å². The Hall–Kier alpha value is -1.18. The number of carboxylic acid groups (broad SMARTS) is 1. The largest absolute Gasteiger partial charge is 0.481 e. The molecule has 0 aliphatic carbocycles. The van der Waals surface area contributed by atoms with Gasteiger partial charge in [-0.05, 0) is 6.42 Å². The Balaban J connectivity index is 3.15. The first-order valence-electron chi connectivity index (χ1n) is 6.01. The van der Waals surface area contributed by atoms with Gasteiger partial charge in [-0.2, -0.15) is 0 Å². The Bertz CT molecular complexity index is 235. The van der Waals surface area contributed by atoms with Crippen LogP contribution in [0.25, 0.3) is 0 Å². The van der Waals surface area contributed by atoms with Crippen LogP contribution in [0.1, 0.15) is 19.3 Å². The summed E-state index contributed by atoms with van der Waals surface area (Å²) >= 11 is 0. The second-order valence-corrected chi connectivity index (χ2v) is 3.61. The zero-order valence-corrected chi connectivity index (χ0v) is 10.5. The van der Waals surface area contributed by atoms with E-state index >= 15 is 0 Å². The van der Waals surface area contributed by atoms with Gasteiger partial charge in [0, 0.05) is 26.1 Å². The Morgan fingerprint density at radius 1 is 1.06 bits per heavy atom. The molecule has 0 aliphatic rings. The average Bonchev–Trinajstić information content (AvgIpc) is 2.34. The highest BCUT2D eigenvalue weighted by molar-refractivity contribution is 5.80. The Morgan fingerprint density at radius 3 is 2.33 bits per heavy atom. The topological polar surface area (TPSA) is 111 Å². The third-order valence-electron chi connectivity index (χ3n) is 1.99. The SMILES string of the molecule is NCCOCCOCCCNC(=O)CCC(=O)O. The van der Waals surface area contributed by atoms with Gasteiger partial charge < -0.3 is 25.6 Å². The molecule has 0 spiro atoms. The van der Waals surface area contributed by atoms with Crippen LogP contribution in [0.15, 0.2) is 0 Å². The lowest BCUT2D eigenvalue weighted by Gasteiger charge is -2.06. The third-order valence-corrected chi connectivity index (χ3v) is 1.99. The van der Waals surface area contributed by atoms with Crippen molar-refractivity contribution in [1.29, 1.82) is 0 Å². The van der Waals surface area contributed by atoms with E-state index in [1.54, 1.807) is 0 Å². The summed E-state index contributed by atoms with van der Waals surface area (Å²) in [5.74, 6) is -1.21. The molecule has 7 nitrogen and oxygen atoms in total. The molecule has 1 amide bonds. The Labute approximate surface area is 107 Å². The lowest BCUT2D eigenvalue weighted by Crippen LogP contribution is -2.25. The molecular weight excluding hydrogens is 240 g/mol. The van der Waals surface area contributed by atoms with Gasteiger partial charge >= 0.3 is 5.97 Å². The highest BCUT2D eigenvalue weighted by Crippen LogP contribution is 1.89. The van der Waals surface area contributed by atoms with E-state index in [-0.39, 0.29) is 18.7 Å². The van der Waals surface area contributed by atoms with Gasteiger partial charge in [0.05, 0.1) is 26.2 Å². The maximum Gasteiger partial charge on any atom is 0.303 e. The van der Waals surface area contributed by atoms with Crippen molar-refractivity contribution in [1.82, 2.24) is 5.32 Å². The van der Waals surface area contributed by atoms with Crippen LogP contribution in [-0.2, 0) is 19.1 Å². The summed E-state index contributed by atoms with van der Waals surface area (Å²) in [6.07, 6.45) is 0.569. The summed E-state index contributed by atoms with van der Waals surface area (Å²) in [6.45, 7) is 3.08. The molecule has 0 heterocycles. The van der Waals surface area contributed by atoms with Gasteiger partial charge in [0.1, 0.15) is 0 Å². The summed E-state index contributed by atoms with van der Waals surface area (Å²) in [5, 5.41) is 11.0. The number of hydrogen-bond acceptors (Lipinski definition) is 5. The zero-order chi connectivity index (χ0) is 13.6. The summed E-state index contributed by atoms with van der Waals surface area (Å²) in [7, 11) is 0. The van der Waals surface area contributed by atoms with E-state index in [9.17, 15) is 9.59 Å². The maximum atomic E-state index is 11.1. The summed E-state index contributed by atoms with van der Waals surface area (Å²) in [5.41, 5.74) is 5.24. The van der Waals surface area contributed by atoms with E-state index < -0.39 is 5.97 Å². The first-order chi connectivity index (χ1) is 8.66. The number of nitrogens with one attached hydrogen (secondary N) is 1. The van der Waals surface area contributed by atoms with Crippen LogP contribution in [-0.4, -0.2) is 56.5 Å². The highest BCUT2D eigenvalue weighted by atomic mass is 16.5. The fraction of sp³-hybridized carbons (Fsp3) is 0.818. The summed E-state index contributed by atoms with van der Waals surface area (Å²) < 4.78 is 10.4. The smallest absolute Gasteiger partial charge is 0.303 e. The maximum absolute atomic E-state index is 11.1. The fourth-order valence-corrected chi connectivity index (χ4v) is 1.12. The molecule has 106 valence electrons. The van der Waals surface area contributed by atoms with Crippen LogP contribution in [0.2, 0.25) is 0 Å². The molecule has 0 aromatic heterocycles. The lowest BCUT2D eigenvalue weighted by atomic mass is 10.3. The second-order valence-electron chi connectivity index (χ2n) is 3.61. The van der Waals surface area contributed by atoms with Crippen molar-refractivity contribution in [3.05, 3.63) is 0 Å². The summed E-state index contributed by atoms with van der Waals surface area (Å²) in [4.78, 5) is 21.3. The van der Waals surface area contributed by atoms with Crippen LogP contribution in [0.4, 0.5) is 0 Å². The molecule has 0 aromatic carbocycles. The molecule has 0 unspecified atom stereocenters. The molecule has 0 aliphatic heterocycles. The van der Waals surface area contributed by atoms with Crippen LogP contribution in [0.5, 0.6) is 0 Å². The van der Waals surface area contributed by atoms with Crippen molar-refractivity contribution < 1.29 is 24.2 Å². The number of carbonyl (C=O) groups excluding carboxylic acids is 1. The van der Waals surface area contributed by atoms with E-state index in [2.05, 4.69) is 5.32 Å². The zero-order valence-electron chi connectivity index (χ0n) is 10.5. The van der Waals surface area contributed by atoms with E-state index in [1.165, 1.54) is 0 Å². The summed E-state index contributed by atoms with van der Waals surface area (Å²) in [6, 6.07) is 0. The molecular formula is C11H22N2O5. The molecule has 0 saturated heterocycles. The van der Waals surface area contributed by atoms with E-state index in [0.29, 0.717) is 45.9 Å². The highest BCUT2D eigenvalue weighted by Gasteiger charge is 2.03. The molecule has 0 radical (unpaired) electrons. The van der Waals surface area contributed by atoms with Crippen molar-refractivity contribution in [3.8, 4) is 0 Å². The first kappa shape index (κ1) is 16.8. The average molecular weight is 262 g/mol. The van der Waals surface area contributed by atoms with Crippen LogP contribution < -0.4 is 11.1 Å². The molecule has 4 N–H and O–H groups in total. The monoisotopic (exact) mass is 262 g/mol. The van der Waals surface area contributed by atoms with Crippen molar-refractivity contribution in [2.45, 2.75) is 19.3 Å². The predicted octanol–water partition coefficient (Wildman–Crippen LogP) is -0.651. The number of amides is 1. The Morgan fingerprint density at radius 2 is 1.72 bits per heavy atom. The van der Waals surface area contributed by atoms with Gasteiger partial charge in [-0.25, -0.2) is 0 Å². The minimum atomic E-state index is -0.967. The third kappa shape index (κ3) is 12.9. The minimum Gasteiger partial charge on any atom is -0.481 e. The molecule has 0 aromatic rings. The van der Waals surface area contributed by atoms with E-state index in [0.717, 1.165) is 0 Å². The van der Waals surface area contributed by atoms with Crippen molar-refractivity contribution in [3.63, 3.8) is 0 Å². The normalized spacial score (nSPS) is 10.3. The first-order valence-corrected chi connectivity index (χ1v) is 6.01. The van der Waals surface area contributed by atoms with Crippen LogP contribution in [0.3, 0.4) is 0 Å². The van der Waals surface area contributed by atoms with Crippen LogP contribution >= 0.6 is 0 Å². The lowest BCUT2D eigenvalue weighted by molar-refractivity contribution is -0.138. The van der Waals surface area contributed by atoms with Crippen molar-refractivity contribution >= 4 is 11.9 Å². The number of carboxylic acids is 1. The molecule has 0 bridgehead atoms. The molecule has 0 fully saturated rings. The number of nitrogens with two attached hydrogens (primary N) is 1. The van der Waals surface area contributed by atoms with E-state index in [4.69, 9.17) is 20.3 Å². The van der Waals surface area contributed by atoms with Crippen molar-refractivity contribution in [2.75, 3.05) is 39.5 Å².